The molecule has 1 saturated carbocycles. The molecule has 34 heavy (non-hydrogen) atoms. The number of aromatic amines is 1. The normalized spacial score (nSPS) is 26.7. The molecule has 0 spiro atoms. The number of hydrogen-bond acceptors (Lipinski definition) is 5. The first kappa shape index (κ1) is 23.6. The Hall–Kier alpha value is -2.11. The minimum absolute atomic E-state index is 0.0851. The van der Waals surface area contributed by atoms with Gasteiger partial charge in [-0.3, -0.25) is 4.90 Å². The van der Waals surface area contributed by atoms with Gasteiger partial charge in [0.1, 0.15) is 11.2 Å². The van der Waals surface area contributed by atoms with E-state index in [1.807, 2.05) is 13.0 Å². The fourth-order valence-corrected chi connectivity index (χ4v) is 6.93. The Morgan fingerprint density at radius 2 is 1.97 bits per heavy atom. The first-order chi connectivity index (χ1) is 16.2. The fourth-order valence-electron chi connectivity index (χ4n) is 5.88. The molecule has 7 nitrogen and oxygen atoms in total. The first-order valence-corrected chi connectivity index (χ1v) is 12.9. The molecule has 5 rings (SSSR count). The zero-order valence-corrected chi connectivity index (χ0v) is 19.7. The van der Waals surface area contributed by atoms with Crippen LogP contribution in [0.1, 0.15) is 56.0 Å². The highest BCUT2D eigenvalue weighted by Gasteiger charge is 2.45. The van der Waals surface area contributed by atoms with Gasteiger partial charge in [-0.05, 0) is 69.9 Å². The van der Waals surface area contributed by atoms with Gasteiger partial charge in [0.25, 0.3) is 0 Å². The van der Waals surface area contributed by atoms with Crippen LogP contribution in [0.5, 0.6) is 0 Å². The summed E-state index contributed by atoms with van der Waals surface area (Å²) in [5.74, 6) is -0.576. The van der Waals surface area contributed by atoms with Crippen molar-refractivity contribution in [2.75, 3.05) is 13.1 Å². The van der Waals surface area contributed by atoms with Crippen molar-refractivity contribution in [3.05, 3.63) is 30.0 Å². The molecule has 3 aromatic rings. The maximum absolute atomic E-state index is 13.3. The topological polar surface area (TPSA) is 95.0 Å². The maximum atomic E-state index is 13.3. The molecule has 11 heteroatoms. The van der Waals surface area contributed by atoms with Crippen LogP contribution in [0.4, 0.5) is 13.2 Å². The van der Waals surface area contributed by atoms with Crippen LogP contribution >= 0.6 is 0 Å². The number of hydrogen-bond donors (Lipinski definition) is 2. The number of nitrogens with one attached hydrogen (secondary N) is 1. The average molecular weight is 496 g/mol. The van der Waals surface area contributed by atoms with E-state index in [1.165, 1.54) is 0 Å². The molecule has 0 bridgehead atoms. The Morgan fingerprint density at radius 1 is 1.21 bits per heavy atom. The summed E-state index contributed by atoms with van der Waals surface area (Å²) in [5, 5.41) is 1.18. The number of rotatable bonds is 4. The largest absolute Gasteiger partial charge is 0.393 e. The summed E-state index contributed by atoms with van der Waals surface area (Å²) in [5.41, 5.74) is 2.54. The highest BCUT2D eigenvalue weighted by molar-refractivity contribution is 7.79. The number of aromatic nitrogens is 4. The van der Waals surface area contributed by atoms with Gasteiger partial charge in [-0.25, -0.2) is 19.2 Å². The summed E-state index contributed by atoms with van der Waals surface area (Å²) in [7, 11) is 0. The van der Waals surface area contributed by atoms with Crippen molar-refractivity contribution in [1.29, 1.82) is 0 Å². The lowest BCUT2D eigenvalue weighted by atomic mass is 9.78. The number of piperidine rings is 1. The molecule has 3 unspecified atom stereocenters. The van der Waals surface area contributed by atoms with Crippen molar-refractivity contribution in [2.24, 2.45) is 11.8 Å². The number of nitrogens with zero attached hydrogens (tertiary/aromatic N) is 4. The van der Waals surface area contributed by atoms with E-state index in [1.54, 1.807) is 17.3 Å². The quantitative estimate of drug-likeness (QED) is 0.500. The van der Waals surface area contributed by atoms with Gasteiger partial charge < -0.3 is 9.54 Å². The minimum Gasteiger partial charge on any atom is -0.347 e. The number of pyridine rings is 1. The van der Waals surface area contributed by atoms with E-state index in [0.717, 1.165) is 40.6 Å². The van der Waals surface area contributed by atoms with Crippen molar-refractivity contribution in [1.82, 2.24) is 24.8 Å². The smallest absolute Gasteiger partial charge is 0.347 e. The molecule has 3 aromatic heterocycles. The van der Waals surface area contributed by atoms with Gasteiger partial charge in [0.05, 0.1) is 17.6 Å². The molecule has 184 valence electrons. The average Bonchev–Trinajstić information content (AvgIpc) is 3.27. The SMILES string of the molecule is Cc1nc2cnc3nccc3c2c(C2CCC(C(N3CCCC(C(F)(F)F)C3)S(=O)O)CC2)[nH]1. The highest BCUT2D eigenvalue weighted by Crippen LogP contribution is 2.42. The second-order valence-corrected chi connectivity index (χ2v) is 10.6. The number of aryl methyl sites for hydroxylation is 1. The van der Waals surface area contributed by atoms with E-state index in [0.29, 0.717) is 31.5 Å². The zero-order chi connectivity index (χ0) is 24.0. The molecule has 0 amide bonds. The number of alkyl halides is 3. The van der Waals surface area contributed by atoms with E-state index >= 15 is 0 Å². The van der Waals surface area contributed by atoms with Crippen molar-refractivity contribution >= 4 is 33.0 Å². The Kier molecular flexibility index (Phi) is 6.36. The lowest BCUT2D eigenvalue weighted by Gasteiger charge is -2.42. The molecule has 3 atom stereocenters. The second kappa shape index (κ2) is 9.16. The van der Waals surface area contributed by atoms with E-state index in [4.69, 9.17) is 0 Å². The van der Waals surface area contributed by atoms with Crippen LogP contribution in [0, 0.1) is 18.8 Å². The lowest BCUT2D eigenvalue weighted by molar-refractivity contribution is -0.188. The van der Waals surface area contributed by atoms with Gasteiger partial charge in [0.2, 0.25) is 0 Å². The van der Waals surface area contributed by atoms with Crippen LogP contribution in [-0.2, 0) is 11.1 Å². The van der Waals surface area contributed by atoms with Gasteiger partial charge in [-0.15, -0.1) is 0 Å². The molecule has 2 N–H and O–H groups in total. The molecule has 4 heterocycles. The van der Waals surface area contributed by atoms with Gasteiger partial charge in [-0.1, -0.05) is 0 Å². The molecule has 0 aromatic carbocycles. The van der Waals surface area contributed by atoms with Crippen LogP contribution in [0.15, 0.2) is 18.5 Å². The van der Waals surface area contributed by atoms with Crippen molar-refractivity contribution in [3.8, 4) is 0 Å². The molecule has 1 saturated heterocycles. The number of likely N-dealkylation sites (tertiary alicyclic amines) is 1. The Labute approximate surface area is 197 Å². The third kappa shape index (κ3) is 4.45. The van der Waals surface area contributed by atoms with Crippen molar-refractivity contribution < 1.29 is 21.9 Å². The van der Waals surface area contributed by atoms with Crippen LogP contribution in [-0.4, -0.2) is 58.2 Å². The Bertz CT molecular complexity index is 1210. The molecule has 2 fully saturated rings. The Morgan fingerprint density at radius 3 is 2.68 bits per heavy atom. The molecule has 0 radical (unpaired) electrons. The second-order valence-electron chi connectivity index (χ2n) is 9.59. The minimum atomic E-state index is -4.27. The zero-order valence-electron chi connectivity index (χ0n) is 18.9. The number of H-pyrrole nitrogens is 1. The molecular weight excluding hydrogens is 467 g/mol. The van der Waals surface area contributed by atoms with E-state index < -0.39 is 28.5 Å². The van der Waals surface area contributed by atoms with E-state index in [-0.39, 0.29) is 24.8 Å². The summed E-state index contributed by atoms with van der Waals surface area (Å²) < 4.78 is 62.4. The van der Waals surface area contributed by atoms with Crippen molar-refractivity contribution in [3.63, 3.8) is 0 Å². The molecular formula is C23H28F3N5O2S. The van der Waals surface area contributed by atoms with Crippen LogP contribution in [0.25, 0.3) is 21.9 Å². The molecule has 1 aliphatic carbocycles. The predicted molar refractivity (Wildman–Crippen MR) is 124 cm³/mol. The Balaban J connectivity index is 1.37. The molecule has 1 aliphatic heterocycles. The number of halogens is 3. The fraction of sp³-hybridized carbons (Fsp3) is 0.609. The number of fused-ring (bicyclic) bond motifs is 3. The summed E-state index contributed by atoms with van der Waals surface area (Å²) >= 11 is -2.21. The van der Waals surface area contributed by atoms with Gasteiger partial charge in [-0.2, -0.15) is 13.2 Å². The van der Waals surface area contributed by atoms with Crippen molar-refractivity contribution in [2.45, 2.75) is 62.9 Å². The van der Waals surface area contributed by atoms with Gasteiger partial charge in [0, 0.05) is 29.2 Å². The third-order valence-corrected chi connectivity index (χ3v) is 8.55. The van der Waals surface area contributed by atoms with Crippen LogP contribution in [0.2, 0.25) is 0 Å². The summed E-state index contributed by atoms with van der Waals surface area (Å²) in [6.45, 7) is 2.14. The lowest BCUT2D eigenvalue weighted by Crippen LogP contribution is -2.51. The third-order valence-electron chi connectivity index (χ3n) is 7.45. The van der Waals surface area contributed by atoms with Crippen LogP contribution in [0.3, 0.4) is 0 Å². The highest BCUT2D eigenvalue weighted by atomic mass is 32.2. The van der Waals surface area contributed by atoms with E-state index in [9.17, 15) is 21.9 Å². The predicted octanol–water partition coefficient (Wildman–Crippen LogP) is 4.91. The van der Waals surface area contributed by atoms with Crippen LogP contribution < -0.4 is 0 Å². The van der Waals surface area contributed by atoms with Gasteiger partial charge >= 0.3 is 6.18 Å². The monoisotopic (exact) mass is 495 g/mol. The van der Waals surface area contributed by atoms with Gasteiger partial charge in [0.15, 0.2) is 16.7 Å². The first-order valence-electron chi connectivity index (χ1n) is 11.7. The van der Waals surface area contributed by atoms with E-state index in [2.05, 4.69) is 19.9 Å². The molecule has 2 aliphatic rings. The summed E-state index contributed by atoms with van der Waals surface area (Å²) in [4.78, 5) is 18.4. The summed E-state index contributed by atoms with van der Waals surface area (Å²) in [6.07, 6.45) is 2.58. The summed E-state index contributed by atoms with van der Waals surface area (Å²) in [6, 6.07) is 1.93. The maximum Gasteiger partial charge on any atom is 0.393 e. The standard InChI is InChI=1S/C23H28F3N5O2S/c1-13-29-18-11-28-21-17(8-9-27-21)19(18)20(30-13)14-4-6-15(7-5-14)22(34(32)33)31-10-2-3-16(12-31)23(24,25)26/h8-9,11,14-16,22H,2-7,10,12H2,1H3,(H,29,30)(H,32,33).